The van der Waals surface area contributed by atoms with Gasteiger partial charge in [-0.15, -0.1) is 0 Å². The van der Waals surface area contributed by atoms with Crippen molar-refractivity contribution in [2.45, 2.75) is 6.42 Å². The van der Waals surface area contributed by atoms with Crippen molar-refractivity contribution in [2.24, 2.45) is 16.5 Å². The number of aromatic hydroxyl groups is 1. The lowest BCUT2D eigenvalue weighted by molar-refractivity contribution is 0.0503. The summed E-state index contributed by atoms with van der Waals surface area (Å²) in [7, 11) is 0. The van der Waals surface area contributed by atoms with Gasteiger partial charge in [0.05, 0.1) is 12.2 Å². The van der Waals surface area contributed by atoms with Gasteiger partial charge in [0.25, 0.3) is 0 Å². The second-order valence-corrected chi connectivity index (χ2v) is 3.34. The highest BCUT2D eigenvalue weighted by molar-refractivity contribution is 5.89. The van der Waals surface area contributed by atoms with E-state index in [4.69, 9.17) is 21.3 Å². The zero-order valence-electron chi connectivity index (χ0n) is 9.30. The zero-order chi connectivity index (χ0) is 12.7. The van der Waals surface area contributed by atoms with E-state index in [0.29, 0.717) is 18.5 Å². The summed E-state index contributed by atoms with van der Waals surface area (Å²) in [6.07, 6.45) is 0.557. The van der Waals surface area contributed by atoms with Gasteiger partial charge in [-0.2, -0.15) is 0 Å². The van der Waals surface area contributed by atoms with Crippen LogP contribution in [0.1, 0.15) is 16.8 Å². The number of carbonyl (C=O) groups is 1. The molecule has 6 heteroatoms. The largest absolute Gasteiger partial charge is 0.508 e. The highest BCUT2D eigenvalue weighted by Gasteiger charge is 2.05. The van der Waals surface area contributed by atoms with Crippen LogP contribution < -0.4 is 11.5 Å². The molecule has 0 bridgehead atoms. The minimum absolute atomic E-state index is 0.0230. The number of nitrogens with zero attached hydrogens (tertiary/aromatic N) is 1. The molecule has 0 saturated heterocycles. The third-order valence-corrected chi connectivity index (χ3v) is 1.93. The van der Waals surface area contributed by atoms with Crippen LogP contribution >= 0.6 is 0 Å². The summed E-state index contributed by atoms with van der Waals surface area (Å²) in [6, 6.07) is 5.84. The number of ether oxygens (including phenoxy) is 1. The number of phenols is 1. The van der Waals surface area contributed by atoms with Crippen molar-refractivity contribution in [1.29, 1.82) is 0 Å². The molecule has 0 fully saturated rings. The van der Waals surface area contributed by atoms with Gasteiger partial charge in [0.15, 0.2) is 5.96 Å². The SMILES string of the molecule is NC(N)=NCCCOC(=O)c1ccc(O)cc1. The zero-order valence-corrected chi connectivity index (χ0v) is 9.30. The second-order valence-electron chi connectivity index (χ2n) is 3.34. The predicted molar refractivity (Wildman–Crippen MR) is 63.7 cm³/mol. The molecule has 17 heavy (non-hydrogen) atoms. The lowest BCUT2D eigenvalue weighted by atomic mass is 10.2. The summed E-state index contributed by atoms with van der Waals surface area (Å²) in [6.45, 7) is 0.668. The summed E-state index contributed by atoms with van der Waals surface area (Å²) >= 11 is 0. The maximum Gasteiger partial charge on any atom is 0.338 e. The molecule has 0 spiro atoms. The molecule has 92 valence electrons. The first-order valence-electron chi connectivity index (χ1n) is 5.11. The van der Waals surface area contributed by atoms with E-state index < -0.39 is 5.97 Å². The van der Waals surface area contributed by atoms with E-state index in [1.807, 2.05) is 0 Å². The van der Waals surface area contributed by atoms with E-state index in [-0.39, 0.29) is 18.3 Å². The Morgan fingerprint density at radius 3 is 2.53 bits per heavy atom. The molecule has 0 radical (unpaired) electrons. The molecule has 6 nitrogen and oxygen atoms in total. The number of nitrogens with two attached hydrogens (primary N) is 2. The first kappa shape index (κ1) is 12.8. The van der Waals surface area contributed by atoms with Crippen LogP contribution in [0, 0.1) is 0 Å². The summed E-state index contributed by atoms with van der Waals surface area (Å²) < 4.78 is 4.98. The van der Waals surface area contributed by atoms with E-state index >= 15 is 0 Å². The van der Waals surface area contributed by atoms with Crippen molar-refractivity contribution in [1.82, 2.24) is 0 Å². The number of aliphatic imine (C=N–C) groups is 1. The molecule has 0 atom stereocenters. The Balaban J connectivity index is 2.30. The maximum atomic E-state index is 11.5. The van der Waals surface area contributed by atoms with E-state index in [0.717, 1.165) is 0 Å². The fourth-order valence-electron chi connectivity index (χ4n) is 1.12. The third kappa shape index (κ3) is 4.87. The van der Waals surface area contributed by atoms with Gasteiger partial charge in [-0.3, -0.25) is 4.99 Å². The van der Waals surface area contributed by atoms with Crippen molar-refractivity contribution in [3.05, 3.63) is 29.8 Å². The maximum absolute atomic E-state index is 11.5. The summed E-state index contributed by atoms with van der Waals surface area (Å²) in [5, 5.41) is 9.05. The molecule has 0 aromatic heterocycles. The number of carbonyl (C=O) groups excluding carboxylic acids is 1. The van der Waals surface area contributed by atoms with Crippen molar-refractivity contribution in [2.75, 3.05) is 13.2 Å². The van der Waals surface area contributed by atoms with E-state index in [1.54, 1.807) is 0 Å². The average molecular weight is 237 g/mol. The summed E-state index contributed by atoms with van der Waals surface area (Å²) in [4.78, 5) is 15.2. The highest BCUT2D eigenvalue weighted by Crippen LogP contribution is 2.10. The van der Waals surface area contributed by atoms with Crippen LogP contribution in [0.3, 0.4) is 0 Å². The Bertz CT molecular complexity index is 397. The Labute approximate surface area is 98.9 Å². The molecule has 0 amide bonds. The fourth-order valence-corrected chi connectivity index (χ4v) is 1.12. The molecule has 0 saturated carbocycles. The Morgan fingerprint density at radius 2 is 1.94 bits per heavy atom. The van der Waals surface area contributed by atoms with Gasteiger partial charge < -0.3 is 21.3 Å². The molecule has 0 unspecified atom stereocenters. The predicted octanol–water partition coefficient (Wildman–Crippen LogP) is 0.212. The monoisotopic (exact) mass is 237 g/mol. The molecular weight excluding hydrogens is 222 g/mol. The summed E-state index contributed by atoms with van der Waals surface area (Å²) in [5.41, 5.74) is 10.7. The molecule has 0 heterocycles. The smallest absolute Gasteiger partial charge is 0.338 e. The van der Waals surface area contributed by atoms with Gasteiger partial charge >= 0.3 is 5.97 Å². The van der Waals surface area contributed by atoms with Crippen LogP contribution in [0.4, 0.5) is 0 Å². The topological polar surface area (TPSA) is 111 Å². The lowest BCUT2D eigenvalue weighted by Gasteiger charge is -2.03. The highest BCUT2D eigenvalue weighted by atomic mass is 16.5. The van der Waals surface area contributed by atoms with Crippen LogP contribution in [0.5, 0.6) is 5.75 Å². The number of hydrogen-bond acceptors (Lipinski definition) is 4. The number of hydrogen-bond donors (Lipinski definition) is 3. The molecule has 0 aliphatic carbocycles. The van der Waals surface area contributed by atoms with Gasteiger partial charge in [-0.25, -0.2) is 4.79 Å². The van der Waals surface area contributed by atoms with Gasteiger partial charge in [0, 0.05) is 13.0 Å². The Morgan fingerprint density at radius 1 is 1.29 bits per heavy atom. The number of guanidine groups is 1. The fraction of sp³-hybridized carbons (Fsp3) is 0.273. The van der Waals surface area contributed by atoms with Gasteiger partial charge in [-0.1, -0.05) is 0 Å². The number of rotatable bonds is 5. The van der Waals surface area contributed by atoms with Crippen LogP contribution in [0.2, 0.25) is 0 Å². The second kappa shape index (κ2) is 6.37. The van der Waals surface area contributed by atoms with E-state index in [1.165, 1.54) is 24.3 Å². The molecule has 1 aromatic carbocycles. The van der Waals surface area contributed by atoms with Crippen molar-refractivity contribution < 1.29 is 14.6 Å². The van der Waals surface area contributed by atoms with Gasteiger partial charge in [0.2, 0.25) is 0 Å². The van der Waals surface area contributed by atoms with Crippen molar-refractivity contribution in [3.63, 3.8) is 0 Å². The van der Waals surface area contributed by atoms with Gasteiger partial charge in [0.1, 0.15) is 5.75 Å². The molecular formula is C11H15N3O3. The van der Waals surface area contributed by atoms with Crippen molar-refractivity contribution in [3.8, 4) is 5.75 Å². The average Bonchev–Trinajstić information content (AvgIpc) is 2.29. The van der Waals surface area contributed by atoms with Gasteiger partial charge in [-0.05, 0) is 24.3 Å². The molecule has 5 N–H and O–H groups in total. The normalized spacial score (nSPS) is 9.65. The summed E-state index contributed by atoms with van der Waals surface area (Å²) in [5.74, 6) is -0.307. The molecule has 1 rings (SSSR count). The van der Waals surface area contributed by atoms with E-state index in [9.17, 15) is 4.79 Å². The quantitative estimate of drug-likeness (QED) is 0.293. The Kier molecular flexibility index (Phi) is 4.80. The van der Waals surface area contributed by atoms with Crippen molar-refractivity contribution >= 4 is 11.9 Å². The molecule has 1 aromatic rings. The lowest BCUT2D eigenvalue weighted by Crippen LogP contribution is -2.23. The first-order chi connectivity index (χ1) is 8.09. The minimum Gasteiger partial charge on any atom is -0.508 e. The number of benzene rings is 1. The minimum atomic E-state index is -0.435. The standard InChI is InChI=1S/C11H15N3O3/c12-11(13)14-6-1-7-17-10(16)8-2-4-9(15)5-3-8/h2-5,15H,1,6-7H2,(H4,12,13,14). The Hall–Kier alpha value is -2.24. The van der Waals surface area contributed by atoms with Crippen LogP contribution in [0.25, 0.3) is 0 Å². The first-order valence-corrected chi connectivity index (χ1v) is 5.11. The number of phenolic OH excluding ortho intramolecular Hbond substituents is 1. The van der Waals surface area contributed by atoms with Crippen LogP contribution in [-0.2, 0) is 4.74 Å². The third-order valence-electron chi connectivity index (χ3n) is 1.93. The van der Waals surface area contributed by atoms with Crippen LogP contribution in [-0.4, -0.2) is 30.2 Å². The van der Waals surface area contributed by atoms with Crippen LogP contribution in [0.15, 0.2) is 29.3 Å². The molecule has 0 aliphatic heterocycles. The molecule has 0 aliphatic rings. The van der Waals surface area contributed by atoms with E-state index in [2.05, 4.69) is 4.99 Å². The number of esters is 1.